The summed E-state index contributed by atoms with van der Waals surface area (Å²) >= 11 is 0. The van der Waals surface area contributed by atoms with Gasteiger partial charge in [-0.2, -0.15) is 5.06 Å². The summed E-state index contributed by atoms with van der Waals surface area (Å²) in [6.07, 6.45) is 1.69. The first-order chi connectivity index (χ1) is 7.75. The van der Waals surface area contributed by atoms with Crippen LogP contribution in [0.25, 0.3) is 0 Å². The third-order valence-electron chi connectivity index (χ3n) is 2.76. The first kappa shape index (κ1) is 14.0. The van der Waals surface area contributed by atoms with Crippen LogP contribution in [0.3, 0.4) is 0 Å². The van der Waals surface area contributed by atoms with Gasteiger partial charge in [-0.25, -0.2) is 4.39 Å². The van der Waals surface area contributed by atoms with Gasteiger partial charge in [0.05, 0.1) is 5.56 Å². The molecule has 4 heteroatoms. The molecular formula is C13H15ClFNO. The number of benzene rings is 1. The van der Waals surface area contributed by atoms with Crippen molar-refractivity contribution in [3.8, 4) is 11.8 Å². The Bertz CT molecular complexity index is 419. The van der Waals surface area contributed by atoms with Crippen LogP contribution in [0.2, 0.25) is 0 Å². The van der Waals surface area contributed by atoms with Crippen molar-refractivity contribution in [2.24, 2.45) is 5.92 Å². The Morgan fingerprint density at radius 1 is 1.24 bits per heavy atom. The molecule has 0 spiro atoms. The van der Waals surface area contributed by atoms with Crippen molar-refractivity contribution in [3.63, 3.8) is 0 Å². The van der Waals surface area contributed by atoms with Gasteiger partial charge in [-0.1, -0.05) is 24.0 Å². The molecule has 1 aliphatic rings. The molecular weight excluding hydrogens is 241 g/mol. The lowest BCUT2D eigenvalue weighted by Gasteiger charge is -2.23. The second-order valence-corrected chi connectivity index (χ2v) is 3.98. The average Bonchev–Trinajstić information content (AvgIpc) is 2.30. The predicted molar refractivity (Wildman–Crippen MR) is 66.6 cm³/mol. The molecule has 0 amide bonds. The maximum absolute atomic E-state index is 13.3. The molecule has 1 saturated heterocycles. The van der Waals surface area contributed by atoms with Crippen LogP contribution in [-0.2, 0) is 0 Å². The summed E-state index contributed by atoms with van der Waals surface area (Å²) < 4.78 is 13.3. The van der Waals surface area contributed by atoms with E-state index in [9.17, 15) is 9.60 Å². The monoisotopic (exact) mass is 255 g/mol. The van der Waals surface area contributed by atoms with Gasteiger partial charge in [0.25, 0.3) is 0 Å². The van der Waals surface area contributed by atoms with Crippen molar-refractivity contribution in [2.75, 3.05) is 13.1 Å². The van der Waals surface area contributed by atoms with Crippen molar-refractivity contribution < 1.29 is 9.60 Å². The van der Waals surface area contributed by atoms with Gasteiger partial charge in [0.2, 0.25) is 0 Å². The number of hydroxylamine groups is 2. The van der Waals surface area contributed by atoms with E-state index in [1.807, 2.05) is 0 Å². The molecule has 1 N–H and O–H groups in total. The van der Waals surface area contributed by atoms with E-state index in [1.54, 1.807) is 18.2 Å². The van der Waals surface area contributed by atoms with Gasteiger partial charge in [-0.3, -0.25) is 0 Å². The van der Waals surface area contributed by atoms with Crippen molar-refractivity contribution in [3.05, 3.63) is 35.6 Å². The Kier molecular flexibility index (Phi) is 5.43. The molecule has 1 fully saturated rings. The molecule has 2 nitrogen and oxygen atoms in total. The van der Waals surface area contributed by atoms with E-state index in [0.29, 0.717) is 18.7 Å². The second-order valence-electron chi connectivity index (χ2n) is 3.98. The lowest BCUT2D eigenvalue weighted by molar-refractivity contribution is -0.108. The highest BCUT2D eigenvalue weighted by Gasteiger charge is 2.15. The van der Waals surface area contributed by atoms with Crippen LogP contribution >= 0.6 is 12.4 Å². The van der Waals surface area contributed by atoms with Crippen molar-refractivity contribution in [2.45, 2.75) is 12.8 Å². The largest absolute Gasteiger partial charge is 0.314 e. The minimum atomic E-state index is -0.269. The van der Waals surface area contributed by atoms with Crippen LogP contribution in [0.15, 0.2) is 24.3 Å². The lowest BCUT2D eigenvalue weighted by Crippen LogP contribution is -2.30. The summed E-state index contributed by atoms with van der Waals surface area (Å²) in [7, 11) is 0. The van der Waals surface area contributed by atoms with Gasteiger partial charge in [0, 0.05) is 19.0 Å². The molecule has 2 rings (SSSR count). The van der Waals surface area contributed by atoms with E-state index in [4.69, 9.17) is 0 Å². The Morgan fingerprint density at radius 3 is 2.53 bits per heavy atom. The molecule has 1 aromatic carbocycles. The van der Waals surface area contributed by atoms with Crippen molar-refractivity contribution >= 4 is 12.4 Å². The van der Waals surface area contributed by atoms with Crippen LogP contribution < -0.4 is 0 Å². The number of rotatable bonds is 0. The van der Waals surface area contributed by atoms with E-state index in [0.717, 1.165) is 12.8 Å². The van der Waals surface area contributed by atoms with E-state index in [2.05, 4.69) is 11.8 Å². The highest BCUT2D eigenvalue weighted by Crippen LogP contribution is 2.15. The van der Waals surface area contributed by atoms with Gasteiger partial charge in [0.1, 0.15) is 5.82 Å². The van der Waals surface area contributed by atoms with Gasteiger partial charge in [-0.15, -0.1) is 12.4 Å². The van der Waals surface area contributed by atoms with Gasteiger partial charge in [-0.05, 0) is 25.0 Å². The summed E-state index contributed by atoms with van der Waals surface area (Å²) in [6.45, 7) is 1.30. The fraction of sp³-hybridized carbons (Fsp3) is 0.385. The van der Waals surface area contributed by atoms with Gasteiger partial charge >= 0.3 is 0 Å². The number of piperidine rings is 1. The molecule has 17 heavy (non-hydrogen) atoms. The highest BCUT2D eigenvalue weighted by atomic mass is 35.5. The Labute approximate surface area is 107 Å². The van der Waals surface area contributed by atoms with E-state index in [1.165, 1.54) is 11.1 Å². The fourth-order valence-electron chi connectivity index (χ4n) is 1.75. The van der Waals surface area contributed by atoms with Gasteiger partial charge in [0.15, 0.2) is 0 Å². The quantitative estimate of drug-likeness (QED) is 0.721. The molecule has 0 aromatic heterocycles. The summed E-state index contributed by atoms with van der Waals surface area (Å²) in [5.41, 5.74) is 0.453. The summed E-state index contributed by atoms with van der Waals surface area (Å²) in [5.74, 6) is 5.94. The van der Waals surface area contributed by atoms with E-state index >= 15 is 0 Å². The van der Waals surface area contributed by atoms with Crippen molar-refractivity contribution in [1.82, 2.24) is 5.06 Å². The molecule has 0 unspecified atom stereocenters. The molecule has 1 heterocycles. The number of nitrogens with zero attached hydrogens (tertiary/aromatic N) is 1. The first-order valence-corrected chi connectivity index (χ1v) is 5.45. The molecule has 0 aliphatic carbocycles. The number of hydrogen-bond acceptors (Lipinski definition) is 2. The van der Waals surface area contributed by atoms with Crippen LogP contribution in [0.5, 0.6) is 0 Å². The standard InChI is InChI=1S/C13H14FNO.ClH/c14-13-4-2-1-3-12(13)6-5-11-7-9-15(16)10-8-11;/h1-4,11,16H,7-10H2;1H. The summed E-state index contributed by atoms with van der Waals surface area (Å²) in [6, 6.07) is 6.54. The third kappa shape index (κ3) is 4.01. The molecule has 1 aliphatic heterocycles. The zero-order valence-electron chi connectivity index (χ0n) is 9.40. The first-order valence-electron chi connectivity index (χ1n) is 5.45. The normalized spacial score (nSPS) is 16.8. The Balaban J connectivity index is 0.00000144. The minimum absolute atomic E-state index is 0. The topological polar surface area (TPSA) is 23.5 Å². The van der Waals surface area contributed by atoms with Crippen molar-refractivity contribution in [1.29, 1.82) is 0 Å². The predicted octanol–water partition coefficient (Wildman–Crippen LogP) is 2.70. The molecule has 0 saturated carbocycles. The molecule has 1 aromatic rings. The zero-order valence-corrected chi connectivity index (χ0v) is 10.2. The second kappa shape index (κ2) is 6.61. The Hall–Kier alpha value is -1.08. The average molecular weight is 256 g/mol. The minimum Gasteiger partial charge on any atom is -0.314 e. The van der Waals surface area contributed by atoms with Crippen LogP contribution in [0, 0.1) is 23.6 Å². The van der Waals surface area contributed by atoms with Crippen LogP contribution in [0.4, 0.5) is 4.39 Å². The summed E-state index contributed by atoms with van der Waals surface area (Å²) in [4.78, 5) is 0. The number of halogens is 2. The molecule has 0 bridgehead atoms. The van der Waals surface area contributed by atoms with E-state index < -0.39 is 0 Å². The number of hydrogen-bond donors (Lipinski definition) is 1. The lowest BCUT2D eigenvalue weighted by atomic mass is 9.98. The van der Waals surface area contributed by atoms with Crippen LogP contribution in [-0.4, -0.2) is 23.4 Å². The maximum Gasteiger partial charge on any atom is 0.138 e. The highest BCUT2D eigenvalue weighted by molar-refractivity contribution is 5.85. The Morgan fingerprint density at radius 2 is 1.88 bits per heavy atom. The SMILES string of the molecule is Cl.ON1CCC(C#Cc2ccccc2F)CC1. The van der Waals surface area contributed by atoms with Crippen LogP contribution in [0.1, 0.15) is 18.4 Å². The molecule has 0 atom stereocenters. The molecule has 0 radical (unpaired) electrons. The smallest absolute Gasteiger partial charge is 0.138 e. The third-order valence-corrected chi connectivity index (χ3v) is 2.76. The zero-order chi connectivity index (χ0) is 11.4. The maximum atomic E-state index is 13.3. The van der Waals surface area contributed by atoms with Gasteiger partial charge < -0.3 is 5.21 Å². The fourth-order valence-corrected chi connectivity index (χ4v) is 1.75. The summed E-state index contributed by atoms with van der Waals surface area (Å²) in [5, 5.41) is 10.5. The molecule has 92 valence electrons. The van der Waals surface area contributed by atoms with E-state index in [-0.39, 0.29) is 24.1 Å².